The first-order valence-electron chi connectivity index (χ1n) is 6.02. The molecule has 0 saturated carbocycles. The van der Waals surface area contributed by atoms with Crippen LogP contribution in [0.15, 0.2) is 12.1 Å². The zero-order valence-electron chi connectivity index (χ0n) is 10.4. The van der Waals surface area contributed by atoms with Gasteiger partial charge in [-0.2, -0.15) is 0 Å². The van der Waals surface area contributed by atoms with E-state index in [-0.39, 0.29) is 18.7 Å². The monoisotopic (exact) mass is 287 g/mol. The topological polar surface area (TPSA) is 57.6 Å². The van der Waals surface area contributed by atoms with Gasteiger partial charge in [-0.1, -0.05) is 0 Å². The molecule has 20 heavy (non-hydrogen) atoms. The molecule has 1 aliphatic heterocycles. The Bertz CT molecular complexity index is 562. The Hall–Kier alpha value is -2.05. The highest BCUT2D eigenvalue weighted by atomic mass is 19.2. The lowest BCUT2D eigenvalue weighted by molar-refractivity contribution is -0.141. The number of aliphatic carboxylic acids is 1. The lowest BCUT2D eigenvalue weighted by atomic mass is 10.1. The first-order chi connectivity index (χ1) is 9.38. The molecule has 4 nitrogen and oxygen atoms in total. The maximum absolute atomic E-state index is 13.4. The maximum atomic E-state index is 13.4. The van der Waals surface area contributed by atoms with E-state index in [1.165, 1.54) is 4.90 Å². The van der Waals surface area contributed by atoms with Crippen molar-refractivity contribution in [2.75, 3.05) is 13.1 Å². The van der Waals surface area contributed by atoms with Gasteiger partial charge in [0.2, 0.25) is 5.91 Å². The summed E-state index contributed by atoms with van der Waals surface area (Å²) in [5.74, 6) is -5.65. The molecule has 2 rings (SSSR count). The van der Waals surface area contributed by atoms with Crippen LogP contribution in [-0.4, -0.2) is 35.0 Å². The van der Waals surface area contributed by atoms with Crippen LogP contribution in [0, 0.1) is 23.4 Å². The molecule has 0 bridgehead atoms. The van der Waals surface area contributed by atoms with Crippen LogP contribution < -0.4 is 0 Å². The average molecular weight is 287 g/mol. The van der Waals surface area contributed by atoms with Gasteiger partial charge < -0.3 is 10.0 Å². The predicted octanol–water partition coefficient (Wildman–Crippen LogP) is 1.58. The molecular weight excluding hydrogens is 275 g/mol. The Morgan fingerprint density at radius 1 is 1.20 bits per heavy atom. The number of hydrogen-bond donors (Lipinski definition) is 1. The highest BCUT2D eigenvalue weighted by Crippen LogP contribution is 2.19. The molecular formula is C13H12F3NO3. The zero-order chi connectivity index (χ0) is 14.9. The third-order valence-corrected chi connectivity index (χ3v) is 3.32. The largest absolute Gasteiger partial charge is 0.481 e. The quantitative estimate of drug-likeness (QED) is 0.859. The Balaban J connectivity index is 2.06. The smallest absolute Gasteiger partial charge is 0.308 e. The normalized spacial score (nSPS) is 18.4. The molecule has 1 heterocycles. The molecule has 0 aromatic heterocycles. The molecule has 1 N–H and O–H groups in total. The van der Waals surface area contributed by atoms with Gasteiger partial charge in [0.05, 0.1) is 12.3 Å². The number of nitrogens with zero attached hydrogens (tertiary/aromatic N) is 1. The second kappa shape index (κ2) is 5.52. The number of carbonyl (C=O) groups excluding carboxylic acids is 1. The van der Waals surface area contributed by atoms with Gasteiger partial charge in [-0.05, 0) is 12.5 Å². The van der Waals surface area contributed by atoms with Crippen molar-refractivity contribution in [3.05, 3.63) is 35.1 Å². The van der Waals surface area contributed by atoms with E-state index in [1.807, 2.05) is 0 Å². The first kappa shape index (κ1) is 14.4. The van der Waals surface area contributed by atoms with Gasteiger partial charge in [0.25, 0.3) is 0 Å². The van der Waals surface area contributed by atoms with Crippen molar-refractivity contribution >= 4 is 11.9 Å². The van der Waals surface area contributed by atoms with Crippen LogP contribution in [0.2, 0.25) is 0 Å². The van der Waals surface area contributed by atoms with Gasteiger partial charge in [-0.25, -0.2) is 13.2 Å². The molecule has 0 spiro atoms. The van der Waals surface area contributed by atoms with Crippen molar-refractivity contribution in [1.29, 1.82) is 0 Å². The number of carbonyl (C=O) groups is 2. The molecule has 0 aliphatic carbocycles. The van der Waals surface area contributed by atoms with Gasteiger partial charge in [-0.15, -0.1) is 0 Å². The van der Waals surface area contributed by atoms with E-state index in [9.17, 15) is 22.8 Å². The molecule has 1 saturated heterocycles. The van der Waals surface area contributed by atoms with Crippen molar-refractivity contribution in [3.63, 3.8) is 0 Å². The fourth-order valence-corrected chi connectivity index (χ4v) is 2.16. The van der Waals surface area contributed by atoms with Crippen molar-refractivity contribution < 1.29 is 27.9 Å². The zero-order valence-corrected chi connectivity index (χ0v) is 10.4. The summed E-state index contributed by atoms with van der Waals surface area (Å²) >= 11 is 0. The van der Waals surface area contributed by atoms with Crippen LogP contribution in [0.4, 0.5) is 13.2 Å². The molecule has 7 heteroatoms. The lowest BCUT2D eigenvalue weighted by Crippen LogP contribution is -2.31. The number of rotatable bonds is 3. The fraction of sp³-hybridized carbons (Fsp3) is 0.385. The fourth-order valence-electron chi connectivity index (χ4n) is 2.16. The van der Waals surface area contributed by atoms with Gasteiger partial charge >= 0.3 is 5.97 Å². The second-order valence-corrected chi connectivity index (χ2v) is 4.70. The third kappa shape index (κ3) is 2.92. The Kier molecular flexibility index (Phi) is 3.96. The van der Waals surface area contributed by atoms with Crippen LogP contribution in [0.5, 0.6) is 0 Å². The number of likely N-dealkylation sites (tertiary alicyclic amines) is 1. The highest BCUT2D eigenvalue weighted by molar-refractivity contribution is 5.80. The summed E-state index contributed by atoms with van der Waals surface area (Å²) in [5, 5.41) is 8.82. The standard InChI is InChI=1S/C13H12F3NO3/c14-9-5-11(16)10(15)3-8(9)4-12(18)17-2-1-7(6-17)13(19)20/h3,5,7H,1-2,4,6H2,(H,19,20)/t7-/m0/s1. The van der Waals surface area contributed by atoms with E-state index in [0.717, 1.165) is 0 Å². The predicted molar refractivity (Wildman–Crippen MR) is 62.3 cm³/mol. The molecule has 108 valence electrons. The minimum atomic E-state index is -1.31. The highest BCUT2D eigenvalue weighted by Gasteiger charge is 2.31. The van der Waals surface area contributed by atoms with Gasteiger partial charge in [-0.3, -0.25) is 9.59 Å². The van der Waals surface area contributed by atoms with Crippen molar-refractivity contribution in [1.82, 2.24) is 4.90 Å². The van der Waals surface area contributed by atoms with E-state index in [4.69, 9.17) is 5.11 Å². The Morgan fingerprint density at radius 3 is 2.45 bits per heavy atom. The summed E-state index contributed by atoms with van der Waals surface area (Å²) in [6.07, 6.45) is -0.0866. The van der Waals surface area contributed by atoms with E-state index in [1.54, 1.807) is 0 Å². The molecule has 1 aromatic carbocycles. The maximum Gasteiger partial charge on any atom is 0.308 e. The average Bonchev–Trinajstić information content (AvgIpc) is 2.85. The molecule has 1 amide bonds. The van der Waals surface area contributed by atoms with E-state index >= 15 is 0 Å². The third-order valence-electron chi connectivity index (χ3n) is 3.32. The van der Waals surface area contributed by atoms with Crippen LogP contribution in [-0.2, 0) is 16.0 Å². The lowest BCUT2D eigenvalue weighted by Gasteiger charge is -2.16. The number of amides is 1. The first-order valence-corrected chi connectivity index (χ1v) is 6.02. The minimum Gasteiger partial charge on any atom is -0.481 e. The van der Waals surface area contributed by atoms with Crippen LogP contribution >= 0.6 is 0 Å². The molecule has 1 atom stereocenters. The van der Waals surface area contributed by atoms with E-state index in [2.05, 4.69) is 0 Å². The van der Waals surface area contributed by atoms with Gasteiger partial charge in [0.1, 0.15) is 5.82 Å². The second-order valence-electron chi connectivity index (χ2n) is 4.70. The number of halogens is 3. The Morgan fingerprint density at radius 2 is 1.85 bits per heavy atom. The van der Waals surface area contributed by atoms with Gasteiger partial charge in [0.15, 0.2) is 11.6 Å². The molecule has 1 aliphatic rings. The number of benzene rings is 1. The SMILES string of the molecule is O=C(O)[C@H]1CCN(C(=O)Cc2cc(F)c(F)cc2F)C1. The summed E-state index contributed by atoms with van der Waals surface area (Å²) < 4.78 is 39.2. The van der Waals surface area contributed by atoms with Crippen molar-refractivity contribution in [2.45, 2.75) is 12.8 Å². The summed E-state index contributed by atoms with van der Waals surface area (Å²) in [4.78, 5) is 23.9. The van der Waals surface area contributed by atoms with Gasteiger partial charge in [0, 0.05) is 24.7 Å². The van der Waals surface area contributed by atoms with Crippen molar-refractivity contribution in [3.8, 4) is 0 Å². The number of carboxylic acid groups (broad SMARTS) is 1. The Labute approximate surface area is 112 Å². The molecule has 0 unspecified atom stereocenters. The molecule has 1 aromatic rings. The molecule has 0 radical (unpaired) electrons. The summed E-state index contributed by atoms with van der Waals surface area (Å²) in [6.45, 7) is 0.320. The number of carboxylic acids is 1. The van der Waals surface area contributed by atoms with Crippen LogP contribution in [0.1, 0.15) is 12.0 Å². The number of hydrogen-bond acceptors (Lipinski definition) is 2. The summed E-state index contributed by atoms with van der Waals surface area (Å²) in [7, 11) is 0. The summed E-state index contributed by atoms with van der Waals surface area (Å²) in [6, 6.07) is 1.04. The minimum absolute atomic E-state index is 0.0550. The van der Waals surface area contributed by atoms with Crippen LogP contribution in [0.25, 0.3) is 0 Å². The van der Waals surface area contributed by atoms with E-state index < -0.39 is 41.7 Å². The van der Waals surface area contributed by atoms with Crippen LogP contribution in [0.3, 0.4) is 0 Å². The molecule has 1 fully saturated rings. The summed E-state index contributed by atoms with van der Waals surface area (Å²) in [5.41, 5.74) is -0.243. The van der Waals surface area contributed by atoms with Crippen molar-refractivity contribution in [2.24, 2.45) is 5.92 Å². The van der Waals surface area contributed by atoms with E-state index in [0.29, 0.717) is 18.6 Å².